The van der Waals surface area contributed by atoms with Crippen LogP contribution < -0.4 is 4.74 Å². The van der Waals surface area contributed by atoms with Gasteiger partial charge in [0.2, 0.25) is 0 Å². The maximum absolute atomic E-state index is 6.34. The van der Waals surface area contributed by atoms with Gasteiger partial charge in [0.25, 0.3) is 0 Å². The Morgan fingerprint density at radius 3 is 2.12 bits per heavy atom. The molecule has 0 amide bonds. The summed E-state index contributed by atoms with van der Waals surface area (Å²) in [5.41, 5.74) is 2.07. The van der Waals surface area contributed by atoms with E-state index in [1.807, 2.05) is 12.1 Å². The summed E-state index contributed by atoms with van der Waals surface area (Å²) in [7, 11) is 0. The molecule has 2 aromatic carbocycles. The number of fused-ring (bicyclic) bond motifs is 6. The van der Waals surface area contributed by atoms with Gasteiger partial charge in [-0.25, -0.2) is 0 Å². The van der Waals surface area contributed by atoms with Gasteiger partial charge in [0.1, 0.15) is 0 Å². The molecule has 5 nitrogen and oxygen atoms in total. The molecule has 6 heteroatoms. The van der Waals surface area contributed by atoms with Crippen LogP contribution in [0.4, 0.5) is 0 Å². The zero-order chi connectivity index (χ0) is 22.2. The molecule has 7 rings (SSSR count). The van der Waals surface area contributed by atoms with E-state index >= 15 is 0 Å². The molecule has 0 atom stereocenters. The van der Waals surface area contributed by atoms with Crippen molar-refractivity contribution in [3.8, 4) is 11.5 Å². The van der Waals surface area contributed by atoms with Crippen LogP contribution in [0.1, 0.15) is 50.7 Å². The first-order valence-corrected chi connectivity index (χ1v) is 13.9. The second-order valence-corrected chi connectivity index (χ2v) is 12.3. The zero-order valence-corrected chi connectivity index (χ0v) is 21.1. The van der Waals surface area contributed by atoms with Crippen LogP contribution in [0.25, 0.3) is 0 Å². The van der Waals surface area contributed by atoms with Crippen molar-refractivity contribution in [2.24, 2.45) is 0 Å². The predicted octanol–water partition coefficient (Wildman–Crippen LogP) is 4.50. The van der Waals surface area contributed by atoms with Crippen LogP contribution in [0.5, 0.6) is 11.5 Å². The summed E-state index contributed by atoms with van der Waals surface area (Å²) in [6.45, 7) is 5.44. The molecule has 1 saturated carbocycles. The van der Waals surface area contributed by atoms with E-state index in [9.17, 15) is 0 Å². The van der Waals surface area contributed by atoms with E-state index in [2.05, 4.69) is 94.6 Å². The second kappa shape index (κ2) is 6.93. The molecular weight excluding hydrogens is 591 g/mol. The third-order valence-corrected chi connectivity index (χ3v) is 10.9. The fourth-order valence-corrected chi connectivity index (χ4v) is 9.37. The van der Waals surface area contributed by atoms with Gasteiger partial charge in [-0.3, -0.25) is 0 Å². The first-order chi connectivity index (χ1) is 16.0. The summed E-state index contributed by atoms with van der Waals surface area (Å²) in [5.74, 6) is 1.51. The summed E-state index contributed by atoms with van der Waals surface area (Å²) in [6, 6.07) is 19.9. The Bertz CT molecular complexity index is 1280. The van der Waals surface area contributed by atoms with Crippen molar-refractivity contribution in [3.63, 3.8) is 0 Å². The van der Waals surface area contributed by atoms with E-state index in [1.54, 1.807) is 0 Å². The molecule has 2 aromatic rings. The van der Waals surface area contributed by atoms with Gasteiger partial charge < -0.3 is 0 Å². The fourth-order valence-electron chi connectivity index (χ4n) is 5.59. The summed E-state index contributed by atoms with van der Waals surface area (Å²) in [6.07, 6.45) is 13.9. The van der Waals surface area contributed by atoms with E-state index < -0.39 is 17.6 Å². The molecule has 1 aliphatic carbocycles. The Hall–Kier alpha value is -2.65. The molecule has 4 heterocycles. The summed E-state index contributed by atoms with van der Waals surface area (Å²) in [4.78, 5) is 9.95. The van der Waals surface area contributed by atoms with E-state index in [1.165, 1.54) is 26.7 Å². The van der Waals surface area contributed by atoms with Crippen LogP contribution in [0.2, 0.25) is 0 Å². The van der Waals surface area contributed by atoms with Crippen LogP contribution in [-0.2, 0) is 28.7 Å². The number of nitrogens with zero attached hydrogens (tertiary/aromatic N) is 4. The summed E-state index contributed by atoms with van der Waals surface area (Å²) in [5, 5.41) is 0. The van der Waals surface area contributed by atoms with Crippen molar-refractivity contribution in [2.45, 2.75) is 50.6 Å². The summed E-state index contributed by atoms with van der Waals surface area (Å²) >= 11 is -0.407. The standard InChI is InChI=1S/C27H26N4O.Pt/c1-26(2)22-7-5-9-24(17-22)32-25-10-6-8-23(18-25)27(11-3-4-12-27)31-16-14-29(21-31)19-28-13-15-30(26)20-28;/h5-10,13-16H,3-4,11-12,19H2,1-2H3;/q-2;. The summed E-state index contributed by atoms with van der Waals surface area (Å²) < 4.78 is 9.25. The predicted molar refractivity (Wildman–Crippen MR) is 124 cm³/mol. The van der Waals surface area contributed by atoms with Crippen LogP contribution in [0.15, 0.2) is 61.2 Å². The first-order valence-electron chi connectivity index (χ1n) is 11.6. The first kappa shape index (κ1) is 19.8. The Morgan fingerprint density at radius 2 is 1.39 bits per heavy atom. The average Bonchev–Trinajstić information content (AvgIpc) is 3.56. The van der Waals surface area contributed by atoms with Gasteiger partial charge in [0.15, 0.2) is 0 Å². The number of benzene rings is 2. The third-order valence-electron chi connectivity index (χ3n) is 7.46. The molecule has 172 valence electrons. The van der Waals surface area contributed by atoms with Crippen molar-refractivity contribution < 1.29 is 22.4 Å². The van der Waals surface area contributed by atoms with Crippen molar-refractivity contribution in [1.82, 2.24) is 19.6 Å². The van der Waals surface area contributed by atoms with E-state index in [0.717, 1.165) is 36.6 Å². The van der Waals surface area contributed by atoms with Gasteiger partial charge in [-0.15, -0.1) is 0 Å². The molecule has 0 N–H and O–H groups in total. The minimum atomic E-state index is -0.407. The van der Waals surface area contributed by atoms with Gasteiger partial charge in [-0.05, 0) is 0 Å². The maximum atomic E-state index is 6.34. The molecule has 0 aromatic heterocycles. The van der Waals surface area contributed by atoms with Crippen LogP contribution >= 0.6 is 0 Å². The SMILES string of the molecule is CC1(C)c2[c-]c(ccc2)Oc2[c-]c(ccc2)C2(CCCC2)N2C=CN3CN4C=CN1[C]4=[Pt]=[C]32. The van der Waals surface area contributed by atoms with Gasteiger partial charge in [0.05, 0.1) is 0 Å². The Balaban J connectivity index is 1.51. The van der Waals surface area contributed by atoms with E-state index in [-0.39, 0.29) is 11.1 Å². The van der Waals surface area contributed by atoms with Crippen LogP contribution in [0.3, 0.4) is 0 Å². The van der Waals surface area contributed by atoms with E-state index in [0.29, 0.717) is 0 Å². The topological polar surface area (TPSA) is 22.2 Å². The Labute approximate surface area is 203 Å². The molecule has 1 spiro atoms. The molecule has 0 radical (unpaired) electrons. The molecule has 33 heavy (non-hydrogen) atoms. The number of hydrogen-bond donors (Lipinski definition) is 0. The number of hydrogen-bond acceptors (Lipinski definition) is 5. The van der Waals surface area contributed by atoms with Crippen LogP contribution in [0, 0.1) is 12.1 Å². The Morgan fingerprint density at radius 1 is 0.788 bits per heavy atom. The Kier molecular flexibility index (Phi) is 4.15. The van der Waals surface area contributed by atoms with Crippen LogP contribution in [-0.4, -0.2) is 34.6 Å². The molecule has 4 aliphatic heterocycles. The van der Waals surface area contributed by atoms with Crippen molar-refractivity contribution in [2.75, 3.05) is 6.67 Å². The molecule has 0 saturated heterocycles. The van der Waals surface area contributed by atoms with Crippen molar-refractivity contribution in [1.29, 1.82) is 0 Å². The number of rotatable bonds is 0. The minimum absolute atomic E-state index is 0.0508. The molecule has 0 unspecified atom stereocenters. The van der Waals surface area contributed by atoms with Gasteiger partial charge in [-0.2, -0.15) is 0 Å². The van der Waals surface area contributed by atoms with Crippen molar-refractivity contribution in [3.05, 3.63) is 84.5 Å². The van der Waals surface area contributed by atoms with Gasteiger partial charge >= 0.3 is 204 Å². The monoisotopic (exact) mass is 617 g/mol. The fraction of sp³-hybridized carbons (Fsp3) is 0.333. The second-order valence-electron chi connectivity index (χ2n) is 9.74. The molecular formula is C27H26N4OPt-2. The quantitative estimate of drug-likeness (QED) is 0.405. The van der Waals surface area contributed by atoms with Gasteiger partial charge in [0, 0.05) is 0 Å². The normalized spacial score (nSPS) is 23.7. The molecule has 5 aliphatic rings. The van der Waals surface area contributed by atoms with Gasteiger partial charge in [-0.1, -0.05) is 0 Å². The zero-order valence-electron chi connectivity index (χ0n) is 18.8. The van der Waals surface area contributed by atoms with E-state index in [4.69, 9.17) is 4.74 Å². The third kappa shape index (κ3) is 2.81. The molecule has 6 bridgehead atoms. The van der Waals surface area contributed by atoms with Crippen molar-refractivity contribution >= 4 is 8.29 Å². The molecule has 1 fully saturated rings. The average molecular weight is 618 g/mol. The number of ether oxygens (including phenoxy) is 1.